The van der Waals surface area contributed by atoms with Gasteiger partial charge in [0.05, 0.1) is 18.4 Å². The fourth-order valence-electron chi connectivity index (χ4n) is 3.61. The van der Waals surface area contributed by atoms with Crippen LogP contribution in [0.4, 0.5) is 0 Å². The lowest BCUT2D eigenvalue weighted by Crippen LogP contribution is -2.50. The molecule has 5 nitrogen and oxygen atoms in total. The van der Waals surface area contributed by atoms with Gasteiger partial charge in [-0.3, -0.25) is 19.3 Å². The largest absolute Gasteiger partial charge is 0.349 e. The standard InChI is InChI=1S/C19H24N2O3S/c1-12(2)10-16(17(22)20-11-13-6-5-9-25-13)21-18(23)14-7-3-4-8-15(14)19(21)24/h3-6,9,12,14-16H,7-8,10-11H2,1-2H3,(H,20,22). The number of thiophene rings is 1. The van der Waals surface area contributed by atoms with E-state index in [0.29, 0.717) is 25.8 Å². The first-order valence-corrected chi connectivity index (χ1v) is 9.69. The maximum atomic E-state index is 12.8. The van der Waals surface area contributed by atoms with E-state index < -0.39 is 6.04 Å². The molecule has 25 heavy (non-hydrogen) atoms. The van der Waals surface area contributed by atoms with Crippen LogP contribution in [0.3, 0.4) is 0 Å². The van der Waals surface area contributed by atoms with Gasteiger partial charge in [-0.2, -0.15) is 0 Å². The van der Waals surface area contributed by atoms with Gasteiger partial charge in [0.15, 0.2) is 0 Å². The number of carbonyl (C=O) groups excluding carboxylic acids is 3. The third-order valence-corrected chi connectivity index (χ3v) is 5.74. The van der Waals surface area contributed by atoms with E-state index >= 15 is 0 Å². The Kier molecular flexibility index (Phi) is 5.37. The van der Waals surface area contributed by atoms with Crippen LogP contribution in [0, 0.1) is 17.8 Å². The molecule has 1 aromatic rings. The summed E-state index contributed by atoms with van der Waals surface area (Å²) in [6, 6.07) is 3.17. The highest BCUT2D eigenvalue weighted by Gasteiger charge is 2.51. The number of hydrogen-bond acceptors (Lipinski definition) is 4. The minimum atomic E-state index is -0.717. The van der Waals surface area contributed by atoms with E-state index in [0.717, 1.165) is 4.88 Å². The van der Waals surface area contributed by atoms with Gasteiger partial charge in [-0.25, -0.2) is 0 Å². The summed E-state index contributed by atoms with van der Waals surface area (Å²) in [5, 5.41) is 4.86. The minimum Gasteiger partial charge on any atom is -0.349 e. The van der Waals surface area contributed by atoms with E-state index in [9.17, 15) is 14.4 Å². The lowest BCUT2D eigenvalue weighted by Gasteiger charge is -2.27. The molecule has 3 rings (SSSR count). The highest BCUT2D eigenvalue weighted by molar-refractivity contribution is 7.09. The summed E-state index contributed by atoms with van der Waals surface area (Å²) in [6.45, 7) is 4.42. The molecular weight excluding hydrogens is 336 g/mol. The molecule has 1 aliphatic carbocycles. The SMILES string of the molecule is CC(C)CC(C(=O)NCc1cccs1)N1C(=O)C2CC=CCC2C1=O. The summed E-state index contributed by atoms with van der Waals surface area (Å²) in [6.07, 6.45) is 5.60. The fraction of sp³-hybridized carbons (Fsp3) is 0.526. The number of fused-ring (bicyclic) bond motifs is 1. The second-order valence-electron chi connectivity index (χ2n) is 7.14. The first-order chi connectivity index (χ1) is 12.0. The lowest BCUT2D eigenvalue weighted by atomic mass is 9.85. The maximum Gasteiger partial charge on any atom is 0.243 e. The van der Waals surface area contributed by atoms with Crippen molar-refractivity contribution in [2.75, 3.05) is 0 Å². The molecule has 1 aliphatic heterocycles. The molecule has 0 aromatic carbocycles. The van der Waals surface area contributed by atoms with Gasteiger partial charge in [0.1, 0.15) is 6.04 Å². The van der Waals surface area contributed by atoms with E-state index in [4.69, 9.17) is 0 Å². The number of nitrogens with zero attached hydrogens (tertiary/aromatic N) is 1. The number of carbonyl (C=O) groups is 3. The van der Waals surface area contributed by atoms with Gasteiger partial charge in [0.2, 0.25) is 17.7 Å². The molecule has 3 unspecified atom stereocenters. The van der Waals surface area contributed by atoms with Crippen molar-refractivity contribution in [3.05, 3.63) is 34.5 Å². The van der Waals surface area contributed by atoms with Crippen molar-refractivity contribution in [2.24, 2.45) is 17.8 Å². The minimum absolute atomic E-state index is 0.184. The Morgan fingerprint density at radius 2 is 1.88 bits per heavy atom. The topological polar surface area (TPSA) is 66.5 Å². The zero-order chi connectivity index (χ0) is 18.0. The number of imide groups is 1. The van der Waals surface area contributed by atoms with Crippen molar-refractivity contribution in [2.45, 2.75) is 45.7 Å². The van der Waals surface area contributed by atoms with Gasteiger partial charge in [-0.05, 0) is 36.6 Å². The van der Waals surface area contributed by atoms with Crippen LogP contribution < -0.4 is 5.32 Å². The predicted octanol–water partition coefficient (Wildman–Crippen LogP) is 2.73. The Bertz CT molecular complexity index is 655. The van der Waals surface area contributed by atoms with E-state index in [1.54, 1.807) is 11.3 Å². The summed E-state index contributed by atoms with van der Waals surface area (Å²) in [7, 11) is 0. The zero-order valence-corrected chi connectivity index (χ0v) is 15.4. The van der Waals surface area contributed by atoms with Crippen LogP contribution in [0.2, 0.25) is 0 Å². The number of likely N-dealkylation sites (tertiary alicyclic amines) is 1. The molecule has 1 aromatic heterocycles. The number of nitrogens with one attached hydrogen (secondary N) is 1. The molecule has 1 N–H and O–H groups in total. The summed E-state index contributed by atoms with van der Waals surface area (Å²) in [5.74, 6) is -0.990. The van der Waals surface area contributed by atoms with Gasteiger partial charge in [0.25, 0.3) is 0 Å². The Morgan fingerprint density at radius 3 is 2.40 bits per heavy atom. The number of amides is 3. The van der Waals surface area contributed by atoms with Crippen LogP contribution in [0.25, 0.3) is 0 Å². The van der Waals surface area contributed by atoms with E-state index in [1.807, 2.05) is 43.5 Å². The third-order valence-electron chi connectivity index (χ3n) is 4.87. The third kappa shape index (κ3) is 3.68. The van der Waals surface area contributed by atoms with E-state index in [-0.39, 0.29) is 35.5 Å². The number of rotatable bonds is 6. The van der Waals surface area contributed by atoms with Gasteiger partial charge in [0, 0.05) is 4.88 Å². The van der Waals surface area contributed by atoms with E-state index in [1.165, 1.54) is 4.90 Å². The average molecular weight is 360 g/mol. The van der Waals surface area contributed by atoms with Crippen LogP contribution in [0.15, 0.2) is 29.7 Å². The molecule has 134 valence electrons. The number of hydrogen-bond donors (Lipinski definition) is 1. The molecule has 2 heterocycles. The van der Waals surface area contributed by atoms with Crippen molar-refractivity contribution in [1.82, 2.24) is 10.2 Å². The Morgan fingerprint density at radius 1 is 1.24 bits per heavy atom. The molecule has 0 spiro atoms. The molecule has 1 fully saturated rings. The summed E-state index contributed by atoms with van der Waals surface area (Å²) >= 11 is 1.57. The van der Waals surface area contributed by atoms with Gasteiger partial charge in [-0.1, -0.05) is 32.1 Å². The van der Waals surface area contributed by atoms with Crippen molar-refractivity contribution in [1.29, 1.82) is 0 Å². The number of allylic oxidation sites excluding steroid dienone is 2. The van der Waals surface area contributed by atoms with Crippen LogP contribution in [0.5, 0.6) is 0 Å². The van der Waals surface area contributed by atoms with Crippen LogP contribution in [-0.4, -0.2) is 28.7 Å². The molecule has 0 bridgehead atoms. The average Bonchev–Trinajstić information content (AvgIpc) is 3.19. The summed E-state index contributed by atoms with van der Waals surface area (Å²) < 4.78 is 0. The van der Waals surface area contributed by atoms with Crippen LogP contribution in [-0.2, 0) is 20.9 Å². The molecule has 3 amide bonds. The molecular formula is C19H24N2O3S. The van der Waals surface area contributed by atoms with Crippen molar-refractivity contribution in [3.8, 4) is 0 Å². The van der Waals surface area contributed by atoms with Gasteiger partial charge < -0.3 is 5.32 Å². The molecule has 1 saturated heterocycles. The molecule has 0 saturated carbocycles. The van der Waals surface area contributed by atoms with Crippen LogP contribution >= 0.6 is 11.3 Å². The van der Waals surface area contributed by atoms with Crippen molar-refractivity contribution in [3.63, 3.8) is 0 Å². The first kappa shape index (κ1) is 17.9. The normalized spacial score (nSPS) is 23.9. The quantitative estimate of drug-likeness (QED) is 0.627. The fourth-order valence-corrected chi connectivity index (χ4v) is 4.26. The van der Waals surface area contributed by atoms with E-state index in [2.05, 4.69) is 5.32 Å². The molecule has 0 radical (unpaired) electrons. The highest BCUT2D eigenvalue weighted by atomic mass is 32.1. The molecule has 6 heteroatoms. The van der Waals surface area contributed by atoms with Gasteiger partial charge >= 0.3 is 0 Å². The zero-order valence-electron chi connectivity index (χ0n) is 14.6. The van der Waals surface area contributed by atoms with Crippen molar-refractivity contribution >= 4 is 29.1 Å². The van der Waals surface area contributed by atoms with Crippen LogP contribution in [0.1, 0.15) is 38.0 Å². The maximum absolute atomic E-state index is 12.8. The molecule has 3 atom stereocenters. The highest BCUT2D eigenvalue weighted by Crippen LogP contribution is 2.37. The molecule has 2 aliphatic rings. The second kappa shape index (κ2) is 7.52. The second-order valence-corrected chi connectivity index (χ2v) is 8.18. The summed E-state index contributed by atoms with van der Waals surface area (Å²) in [5.41, 5.74) is 0. The first-order valence-electron chi connectivity index (χ1n) is 8.81. The monoisotopic (exact) mass is 360 g/mol. The smallest absolute Gasteiger partial charge is 0.243 e. The lowest BCUT2D eigenvalue weighted by molar-refractivity contribution is -0.148. The Hall–Kier alpha value is -1.95. The van der Waals surface area contributed by atoms with Crippen molar-refractivity contribution < 1.29 is 14.4 Å². The van der Waals surface area contributed by atoms with Gasteiger partial charge in [-0.15, -0.1) is 11.3 Å². The summed E-state index contributed by atoms with van der Waals surface area (Å²) in [4.78, 5) is 40.7. The Labute approximate surface area is 152 Å². The Balaban J connectivity index is 1.76. The predicted molar refractivity (Wildman–Crippen MR) is 96.6 cm³/mol.